The average Bonchev–Trinajstić information content (AvgIpc) is 3.13. The van der Waals surface area contributed by atoms with Gasteiger partial charge < -0.3 is 0 Å². The van der Waals surface area contributed by atoms with Crippen molar-refractivity contribution in [3.63, 3.8) is 0 Å². The summed E-state index contributed by atoms with van der Waals surface area (Å²) in [6.45, 7) is -6.60. The Balaban J connectivity index is 1.85. The molecule has 0 saturated carbocycles. The fourth-order valence-corrected chi connectivity index (χ4v) is 4.02. The van der Waals surface area contributed by atoms with E-state index in [4.69, 9.17) is 40.3 Å². The number of nitrogens with one attached hydrogen (secondary N) is 1. The molecule has 34 heavy (non-hydrogen) atoms. The van der Waals surface area contributed by atoms with Gasteiger partial charge in [0.05, 0.1) is 41.3 Å². The van der Waals surface area contributed by atoms with Gasteiger partial charge in [0, 0.05) is 21.2 Å². The SMILES string of the molecule is [2H]C1([2H])N(NC(=O)c2nn(-c3ccc(Cl)cc3Cl)c(-c3ccc(Cl)cc3)c2C)C([2H])([2H])C(F)(F)CC1(F)F. The minimum atomic E-state index is -4.71. The summed E-state index contributed by atoms with van der Waals surface area (Å²) < 4.78 is 89.4. The van der Waals surface area contributed by atoms with Gasteiger partial charge in [0.1, 0.15) is 0 Å². The largest absolute Gasteiger partial charge is 0.286 e. The van der Waals surface area contributed by atoms with Crippen LogP contribution in [0.5, 0.6) is 0 Å². The second kappa shape index (κ2) is 9.03. The van der Waals surface area contributed by atoms with Crippen molar-refractivity contribution in [2.45, 2.75) is 25.2 Å². The number of nitrogens with zero attached hydrogens (tertiary/aromatic N) is 3. The zero-order valence-corrected chi connectivity index (χ0v) is 19.4. The molecule has 2 heterocycles. The molecule has 0 spiro atoms. The molecular formula is C22H17Cl3F4N4O. The molecule has 1 aromatic heterocycles. The molecule has 1 saturated heterocycles. The zero-order valence-electron chi connectivity index (χ0n) is 21.1. The smallest absolute Gasteiger partial charge is 0.283 e. The molecule has 12 heteroatoms. The predicted octanol–water partition coefficient (Wildman–Crippen LogP) is 6.43. The number of carbonyl (C=O) groups excluding carboxylic acids is 1. The molecule has 1 fully saturated rings. The van der Waals surface area contributed by atoms with Crippen LogP contribution in [0.15, 0.2) is 42.5 Å². The van der Waals surface area contributed by atoms with Crippen molar-refractivity contribution >= 4 is 40.7 Å². The number of piperidine rings is 1. The van der Waals surface area contributed by atoms with Crippen LogP contribution in [0.2, 0.25) is 15.1 Å². The van der Waals surface area contributed by atoms with Gasteiger partial charge in [-0.05, 0) is 37.3 Å². The Bertz CT molecular complexity index is 1390. The summed E-state index contributed by atoms with van der Waals surface area (Å²) in [5.41, 5.74) is 2.19. The zero-order chi connectivity index (χ0) is 28.4. The van der Waals surface area contributed by atoms with Crippen molar-refractivity contribution in [2.24, 2.45) is 0 Å². The van der Waals surface area contributed by atoms with Gasteiger partial charge in [-0.3, -0.25) is 10.2 Å². The number of hydrogen-bond donors (Lipinski definition) is 1. The van der Waals surface area contributed by atoms with Crippen molar-refractivity contribution in [1.29, 1.82) is 0 Å². The van der Waals surface area contributed by atoms with Gasteiger partial charge in [-0.25, -0.2) is 27.3 Å². The third-order valence-corrected chi connectivity index (χ3v) is 5.59. The van der Waals surface area contributed by atoms with E-state index in [9.17, 15) is 22.4 Å². The molecule has 0 aliphatic carbocycles. The molecular weight excluding hydrogens is 519 g/mol. The maximum atomic E-state index is 14.4. The van der Waals surface area contributed by atoms with Crippen LogP contribution in [-0.2, 0) is 0 Å². The van der Waals surface area contributed by atoms with Crippen LogP contribution < -0.4 is 5.43 Å². The first-order chi connectivity index (χ1) is 17.4. The number of aromatic nitrogens is 2. The number of carbonyl (C=O) groups is 1. The lowest BCUT2D eigenvalue weighted by Crippen LogP contribution is -2.58. The number of halogens is 7. The van der Waals surface area contributed by atoms with Gasteiger partial charge in [0.2, 0.25) is 0 Å². The number of rotatable bonds is 4. The average molecular weight is 540 g/mol. The molecule has 0 bridgehead atoms. The van der Waals surface area contributed by atoms with E-state index in [-0.39, 0.29) is 22.0 Å². The fraction of sp³-hybridized carbons (Fsp3) is 0.273. The quantitative estimate of drug-likeness (QED) is 0.389. The van der Waals surface area contributed by atoms with E-state index < -0.39 is 47.9 Å². The van der Waals surface area contributed by atoms with Crippen molar-refractivity contribution in [3.05, 3.63) is 68.8 Å². The van der Waals surface area contributed by atoms with Crippen molar-refractivity contribution in [1.82, 2.24) is 20.2 Å². The van der Waals surface area contributed by atoms with Crippen LogP contribution in [0, 0.1) is 6.92 Å². The Kier molecular flexibility index (Phi) is 5.29. The Labute approximate surface area is 212 Å². The number of hydrazine groups is 1. The molecule has 1 aliphatic rings. The summed E-state index contributed by atoms with van der Waals surface area (Å²) in [5.74, 6) is -10.8. The molecule has 4 rings (SSSR count). The minimum absolute atomic E-state index is 0.116. The lowest BCUT2D eigenvalue weighted by atomic mass is 10.1. The second-order valence-electron chi connectivity index (χ2n) is 7.42. The van der Waals surface area contributed by atoms with E-state index in [1.165, 1.54) is 29.8 Å². The summed E-state index contributed by atoms with van der Waals surface area (Å²) in [4.78, 5) is 13.2. The van der Waals surface area contributed by atoms with Crippen molar-refractivity contribution in [2.75, 3.05) is 13.0 Å². The molecule has 2 aromatic carbocycles. The second-order valence-corrected chi connectivity index (χ2v) is 8.70. The third-order valence-electron chi connectivity index (χ3n) is 4.80. The molecule has 5 nitrogen and oxygen atoms in total. The molecule has 0 atom stereocenters. The summed E-state index contributed by atoms with van der Waals surface area (Å²) in [7, 11) is 0. The molecule has 1 amide bonds. The summed E-state index contributed by atoms with van der Waals surface area (Å²) in [5, 5.41) is 4.32. The lowest BCUT2D eigenvalue weighted by Gasteiger charge is -2.36. The lowest BCUT2D eigenvalue weighted by molar-refractivity contribution is -0.178. The van der Waals surface area contributed by atoms with Crippen molar-refractivity contribution in [3.8, 4) is 16.9 Å². The monoisotopic (exact) mass is 538 g/mol. The molecule has 1 aliphatic heterocycles. The van der Waals surface area contributed by atoms with Gasteiger partial charge >= 0.3 is 0 Å². The third kappa shape index (κ3) is 5.17. The van der Waals surface area contributed by atoms with Gasteiger partial charge in [-0.15, -0.1) is 0 Å². The number of hydrogen-bond acceptors (Lipinski definition) is 3. The summed E-state index contributed by atoms with van der Waals surface area (Å²) in [6, 6.07) is 10.7. The van der Waals surface area contributed by atoms with Gasteiger partial charge in [-0.2, -0.15) is 5.10 Å². The van der Waals surface area contributed by atoms with E-state index in [2.05, 4.69) is 5.10 Å². The highest BCUT2D eigenvalue weighted by Crippen LogP contribution is 2.36. The first kappa shape index (κ1) is 19.9. The molecule has 0 unspecified atom stereocenters. The number of benzene rings is 2. The van der Waals surface area contributed by atoms with Crippen LogP contribution >= 0.6 is 34.8 Å². The van der Waals surface area contributed by atoms with Crippen LogP contribution in [0.1, 0.15) is 28.0 Å². The highest BCUT2D eigenvalue weighted by molar-refractivity contribution is 6.35. The Morgan fingerprint density at radius 1 is 1.03 bits per heavy atom. The van der Waals surface area contributed by atoms with Crippen LogP contribution in [0.4, 0.5) is 17.6 Å². The maximum Gasteiger partial charge on any atom is 0.286 e. The standard InChI is InChI=1S/C22H17Cl3F4N4O/c1-12-18(20(34)31-32-10-21(26,27)9-22(28,29)11-32)30-33(17-7-6-15(24)8-16(17)25)19(12)13-2-4-14(23)5-3-13/h2-8H,9-11H2,1H3,(H,31,34)/i10D2,11D2. The summed E-state index contributed by atoms with van der Waals surface area (Å²) in [6.07, 6.45) is -2.39. The van der Waals surface area contributed by atoms with E-state index in [0.717, 1.165) is 0 Å². The Hall–Kier alpha value is -2.33. The van der Waals surface area contributed by atoms with E-state index in [1.54, 1.807) is 29.7 Å². The fourth-order valence-electron chi connectivity index (χ4n) is 3.41. The molecule has 3 aromatic rings. The van der Waals surface area contributed by atoms with E-state index in [0.29, 0.717) is 15.6 Å². The van der Waals surface area contributed by atoms with Crippen LogP contribution in [0.3, 0.4) is 0 Å². The Morgan fingerprint density at radius 3 is 2.21 bits per heavy atom. The van der Waals surface area contributed by atoms with Crippen LogP contribution in [0.25, 0.3) is 16.9 Å². The van der Waals surface area contributed by atoms with Crippen LogP contribution in [-0.4, -0.2) is 45.5 Å². The van der Waals surface area contributed by atoms with Gasteiger partial charge in [0.25, 0.3) is 17.8 Å². The van der Waals surface area contributed by atoms with Gasteiger partial charge in [0.15, 0.2) is 5.69 Å². The van der Waals surface area contributed by atoms with Crippen molar-refractivity contribution < 1.29 is 27.8 Å². The summed E-state index contributed by atoms with van der Waals surface area (Å²) >= 11 is 18.3. The molecule has 1 N–H and O–H groups in total. The highest BCUT2D eigenvalue weighted by atomic mass is 35.5. The predicted molar refractivity (Wildman–Crippen MR) is 122 cm³/mol. The minimum Gasteiger partial charge on any atom is -0.283 e. The first-order valence-corrected chi connectivity index (χ1v) is 10.7. The molecule has 0 radical (unpaired) electrons. The normalized spacial score (nSPS) is 22.2. The first-order valence-electron chi connectivity index (χ1n) is 11.6. The van der Waals surface area contributed by atoms with E-state index in [1.807, 2.05) is 0 Å². The van der Waals surface area contributed by atoms with E-state index >= 15 is 0 Å². The topological polar surface area (TPSA) is 50.2 Å². The maximum absolute atomic E-state index is 14.4. The highest BCUT2D eigenvalue weighted by Gasteiger charge is 2.50. The van der Waals surface area contributed by atoms with Gasteiger partial charge in [-0.1, -0.05) is 46.9 Å². The number of alkyl halides is 4. The molecule has 180 valence electrons. The number of amides is 1. The Morgan fingerprint density at radius 2 is 1.62 bits per heavy atom.